The van der Waals surface area contributed by atoms with Gasteiger partial charge in [0.05, 0.1) is 17.5 Å². The van der Waals surface area contributed by atoms with Crippen molar-refractivity contribution in [2.24, 2.45) is 18.1 Å². The Balaban J connectivity index is 1.61. The van der Waals surface area contributed by atoms with Crippen molar-refractivity contribution in [3.05, 3.63) is 33.1 Å². The Hall–Kier alpha value is -2.03. The van der Waals surface area contributed by atoms with Crippen molar-refractivity contribution in [3.8, 4) is 5.88 Å². The molecule has 0 aliphatic heterocycles. The molecule has 1 aliphatic carbocycles. The van der Waals surface area contributed by atoms with E-state index in [0.29, 0.717) is 22.1 Å². The van der Waals surface area contributed by atoms with Crippen LogP contribution in [-0.2, 0) is 24.7 Å². The lowest BCUT2D eigenvalue weighted by Crippen LogP contribution is -2.24. The zero-order chi connectivity index (χ0) is 20.3. The summed E-state index contributed by atoms with van der Waals surface area (Å²) in [6.45, 7) is 4.09. The monoisotopic (exact) mass is 415 g/mol. The first-order chi connectivity index (χ1) is 13.2. The van der Waals surface area contributed by atoms with Gasteiger partial charge >= 0.3 is 6.18 Å². The summed E-state index contributed by atoms with van der Waals surface area (Å²) in [5.74, 6) is 1.37. The SMILES string of the molecule is Cc1nn(C)c(OC2CCC(C)CC2)c1/C=N/OCc1ccc(C(F)(F)F)s1. The summed E-state index contributed by atoms with van der Waals surface area (Å²) in [6, 6.07) is 2.45. The molecule has 0 aromatic carbocycles. The zero-order valence-corrected chi connectivity index (χ0v) is 16.9. The van der Waals surface area contributed by atoms with Crippen molar-refractivity contribution in [1.29, 1.82) is 0 Å². The van der Waals surface area contributed by atoms with Gasteiger partial charge in [0.15, 0.2) is 6.61 Å². The Morgan fingerprint density at radius 2 is 2.00 bits per heavy atom. The highest BCUT2D eigenvalue weighted by molar-refractivity contribution is 7.12. The number of alkyl halides is 3. The van der Waals surface area contributed by atoms with Crippen LogP contribution in [0.4, 0.5) is 13.2 Å². The minimum Gasteiger partial charge on any atom is -0.474 e. The van der Waals surface area contributed by atoms with E-state index in [2.05, 4.69) is 17.2 Å². The summed E-state index contributed by atoms with van der Waals surface area (Å²) in [4.78, 5) is 5.01. The molecule has 0 spiro atoms. The van der Waals surface area contributed by atoms with Gasteiger partial charge in [-0.25, -0.2) is 4.68 Å². The highest BCUT2D eigenvalue weighted by Gasteiger charge is 2.32. The van der Waals surface area contributed by atoms with Crippen LogP contribution in [0.25, 0.3) is 0 Å². The second-order valence-electron chi connectivity index (χ2n) is 7.20. The first-order valence-corrected chi connectivity index (χ1v) is 10.1. The molecule has 0 atom stereocenters. The summed E-state index contributed by atoms with van der Waals surface area (Å²) in [6.07, 6.45) is 1.66. The molecule has 0 radical (unpaired) electrons. The molecule has 1 saturated carbocycles. The van der Waals surface area contributed by atoms with Crippen molar-refractivity contribution in [3.63, 3.8) is 0 Å². The Labute approximate surface area is 166 Å². The number of aryl methyl sites for hydroxylation is 2. The number of hydrogen-bond acceptors (Lipinski definition) is 5. The fourth-order valence-electron chi connectivity index (χ4n) is 3.25. The van der Waals surface area contributed by atoms with E-state index in [1.54, 1.807) is 4.68 Å². The first kappa shape index (κ1) is 20.7. The predicted octanol–water partition coefficient (Wildman–Crippen LogP) is 5.32. The van der Waals surface area contributed by atoms with Gasteiger partial charge in [-0.2, -0.15) is 18.3 Å². The van der Waals surface area contributed by atoms with Crippen molar-refractivity contribution < 1.29 is 22.7 Å². The Morgan fingerprint density at radius 3 is 2.64 bits per heavy atom. The number of oxime groups is 1. The van der Waals surface area contributed by atoms with Gasteiger partial charge in [-0.15, -0.1) is 11.3 Å². The summed E-state index contributed by atoms with van der Waals surface area (Å²) in [5, 5.41) is 8.30. The van der Waals surface area contributed by atoms with E-state index in [0.717, 1.165) is 48.9 Å². The number of aromatic nitrogens is 2. The summed E-state index contributed by atoms with van der Waals surface area (Å²) >= 11 is 0.655. The van der Waals surface area contributed by atoms with Gasteiger partial charge < -0.3 is 9.57 Å². The van der Waals surface area contributed by atoms with Crippen LogP contribution in [0.3, 0.4) is 0 Å². The Bertz CT molecular complexity index is 821. The van der Waals surface area contributed by atoms with Crippen LogP contribution in [0.2, 0.25) is 0 Å². The number of nitrogens with zero attached hydrogens (tertiary/aromatic N) is 3. The normalized spacial score (nSPS) is 20.6. The van der Waals surface area contributed by atoms with E-state index < -0.39 is 11.1 Å². The predicted molar refractivity (Wildman–Crippen MR) is 102 cm³/mol. The molecule has 1 aliphatic rings. The fraction of sp³-hybridized carbons (Fsp3) is 0.579. The lowest BCUT2D eigenvalue weighted by atomic mass is 9.89. The second-order valence-corrected chi connectivity index (χ2v) is 8.37. The highest BCUT2D eigenvalue weighted by atomic mass is 32.1. The Morgan fingerprint density at radius 1 is 1.29 bits per heavy atom. The number of ether oxygens (including phenoxy) is 1. The molecule has 9 heteroatoms. The van der Waals surface area contributed by atoms with Gasteiger partial charge in [0.1, 0.15) is 11.0 Å². The van der Waals surface area contributed by atoms with E-state index in [4.69, 9.17) is 9.57 Å². The fourth-order valence-corrected chi connectivity index (χ4v) is 4.03. The molecule has 5 nitrogen and oxygen atoms in total. The van der Waals surface area contributed by atoms with Crippen molar-refractivity contribution in [2.75, 3.05) is 0 Å². The van der Waals surface area contributed by atoms with Crippen LogP contribution >= 0.6 is 11.3 Å². The van der Waals surface area contributed by atoms with Crippen LogP contribution in [-0.4, -0.2) is 22.1 Å². The molecule has 154 valence electrons. The molecule has 0 bridgehead atoms. The first-order valence-electron chi connectivity index (χ1n) is 9.25. The molecule has 0 saturated heterocycles. The number of thiophene rings is 1. The van der Waals surface area contributed by atoms with Gasteiger partial charge in [-0.3, -0.25) is 0 Å². The minimum absolute atomic E-state index is 0.0206. The number of hydrogen-bond donors (Lipinski definition) is 0. The molecule has 0 unspecified atom stereocenters. The average molecular weight is 415 g/mol. The maximum Gasteiger partial charge on any atom is 0.425 e. The Kier molecular flexibility index (Phi) is 6.32. The molecule has 2 aromatic rings. The van der Waals surface area contributed by atoms with Crippen molar-refractivity contribution >= 4 is 17.6 Å². The van der Waals surface area contributed by atoms with Crippen molar-refractivity contribution in [1.82, 2.24) is 9.78 Å². The second kappa shape index (κ2) is 8.55. The van der Waals surface area contributed by atoms with E-state index >= 15 is 0 Å². The van der Waals surface area contributed by atoms with E-state index in [-0.39, 0.29) is 12.7 Å². The smallest absolute Gasteiger partial charge is 0.425 e. The molecule has 0 N–H and O–H groups in total. The van der Waals surface area contributed by atoms with Gasteiger partial charge in [0.2, 0.25) is 5.88 Å². The summed E-state index contributed by atoms with van der Waals surface area (Å²) in [7, 11) is 1.82. The summed E-state index contributed by atoms with van der Waals surface area (Å²) < 4.78 is 45.8. The van der Waals surface area contributed by atoms with E-state index in [9.17, 15) is 13.2 Å². The lowest BCUT2D eigenvalue weighted by Gasteiger charge is -2.26. The molecule has 2 aromatic heterocycles. The molecule has 0 amide bonds. The topological polar surface area (TPSA) is 48.6 Å². The minimum atomic E-state index is -4.33. The maximum atomic E-state index is 12.6. The van der Waals surface area contributed by atoms with Crippen LogP contribution in [0.15, 0.2) is 17.3 Å². The third kappa shape index (κ3) is 5.06. The summed E-state index contributed by atoms with van der Waals surface area (Å²) in [5.41, 5.74) is 1.48. The van der Waals surface area contributed by atoms with Crippen LogP contribution < -0.4 is 4.74 Å². The molecular formula is C19H24F3N3O2S. The molecule has 2 heterocycles. The van der Waals surface area contributed by atoms with Crippen LogP contribution in [0.5, 0.6) is 5.88 Å². The molecule has 3 rings (SSSR count). The van der Waals surface area contributed by atoms with Crippen LogP contribution in [0.1, 0.15) is 53.6 Å². The molecule has 1 fully saturated rings. The number of rotatable bonds is 6. The number of halogens is 3. The zero-order valence-electron chi connectivity index (χ0n) is 16.1. The quantitative estimate of drug-likeness (QED) is 0.474. The van der Waals surface area contributed by atoms with Gasteiger partial charge in [-0.1, -0.05) is 12.1 Å². The molecular weight excluding hydrogens is 391 g/mol. The van der Waals surface area contributed by atoms with Gasteiger partial charge in [0.25, 0.3) is 0 Å². The third-order valence-electron chi connectivity index (χ3n) is 4.86. The standard InChI is InChI=1S/C19H24F3N3O2S/c1-12-4-6-14(7-5-12)27-18-16(13(2)24-25(18)3)10-23-26-11-15-8-9-17(28-15)19(20,21)22/h8-10,12,14H,4-7,11H2,1-3H3/b23-10+. The largest absolute Gasteiger partial charge is 0.474 e. The van der Waals surface area contributed by atoms with Crippen LogP contribution in [0, 0.1) is 12.8 Å². The highest BCUT2D eigenvalue weighted by Crippen LogP contribution is 2.35. The third-order valence-corrected chi connectivity index (χ3v) is 5.96. The van der Waals surface area contributed by atoms with Gasteiger partial charge in [0, 0.05) is 11.9 Å². The molecule has 28 heavy (non-hydrogen) atoms. The van der Waals surface area contributed by atoms with Gasteiger partial charge in [-0.05, 0) is 50.7 Å². The van der Waals surface area contributed by atoms with E-state index in [1.807, 2.05) is 14.0 Å². The van der Waals surface area contributed by atoms with E-state index in [1.165, 1.54) is 12.3 Å². The maximum absolute atomic E-state index is 12.6. The average Bonchev–Trinajstić information content (AvgIpc) is 3.20. The lowest BCUT2D eigenvalue weighted by molar-refractivity contribution is -0.134. The van der Waals surface area contributed by atoms with Crippen molar-refractivity contribution in [2.45, 2.75) is 58.4 Å².